The largest absolute Gasteiger partial charge is 0.296 e. The molecular formula is C15H19N3O. The van der Waals surface area contributed by atoms with Gasteiger partial charge in [0, 0.05) is 12.2 Å². The molecule has 3 rings (SSSR count). The maximum absolute atomic E-state index is 11.6. The first-order valence-corrected chi connectivity index (χ1v) is 6.98. The molecule has 1 aliphatic rings. The van der Waals surface area contributed by atoms with Gasteiger partial charge in [0.1, 0.15) is 11.5 Å². The highest BCUT2D eigenvalue weighted by molar-refractivity contribution is 5.77. The summed E-state index contributed by atoms with van der Waals surface area (Å²) >= 11 is 0. The predicted octanol–water partition coefficient (Wildman–Crippen LogP) is 2.94. The van der Waals surface area contributed by atoms with Crippen LogP contribution in [0.15, 0.2) is 24.4 Å². The van der Waals surface area contributed by atoms with Crippen molar-refractivity contribution >= 4 is 17.9 Å². The van der Waals surface area contributed by atoms with Crippen molar-refractivity contribution in [3.8, 4) is 0 Å². The first kappa shape index (κ1) is 12.2. The number of pyridine rings is 1. The number of hydrogen-bond donors (Lipinski definition) is 0. The molecular weight excluding hydrogens is 238 g/mol. The topological polar surface area (TPSA) is 37.6 Å². The summed E-state index contributed by atoms with van der Waals surface area (Å²) in [5.41, 5.74) is 1.82. The number of carbonyl (C=O) groups is 1. The Morgan fingerprint density at radius 1 is 1.32 bits per heavy atom. The number of hydrogen-bond acceptors (Lipinski definition) is 2. The van der Waals surface area contributed by atoms with Gasteiger partial charge in [0.15, 0.2) is 0 Å². The molecule has 2 aromatic heterocycles. The van der Waals surface area contributed by atoms with E-state index in [0.29, 0.717) is 6.04 Å². The Morgan fingerprint density at radius 2 is 2.11 bits per heavy atom. The van der Waals surface area contributed by atoms with Crippen molar-refractivity contribution in [2.75, 3.05) is 4.90 Å². The first-order chi connectivity index (χ1) is 9.31. The van der Waals surface area contributed by atoms with Gasteiger partial charge in [0.05, 0.1) is 5.69 Å². The minimum absolute atomic E-state index is 0.324. The molecule has 0 spiro atoms. The van der Waals surface area contributed by atoms with Crippen LogP contribution in [0.2, 0.25) is 0 Å². The zero-order valence-corrected chi connectivity index (χ0v) is 11.2. The van der Waals surface area contributed by atoms with Crippen molar-refractivity contribution in [2.24, 2.45) is 0 Å². The van der Waals surface area contributed by atoms with Gasteiger partial charge in [-0.3, -0.25) is 14.1 Å². The summed E-state index contributed by atoms with van der Waals surface area (Å²) in [5.74, 6) is 0.928. The highest BCUT2D eigenvalue weighted by Gasteiger charge is 2.25. The lowest BCUT2D eigenvalue weighted by Gasteiger charge is -2.31. The molecule has 19 heavy (non-hydrogen) atoms. The summed E-state index contributed by atoms with van der Waals surface area (Å²) in [6.45, 7) is 1.97. The van der Waals surface area contributed by atoms with E-state index in [2.05, 4.69) is 4.98 Å². The van der Waals surface area contributed by atoms with Crippen LogP contribution in [0.25, 0.3) is 5.65 Å². The average molecular weight is 257 g/mol. The van der Waals surface area contributed by atoms with E-state index >= 15 is 0 Å². The van der Waals surface area contributed by atoms with Gasteiger partial charge in [0.25, 0.3) is 0 Å². The van der Waals surface area contributed by atoms with Crippen LogP contribution in [-0.4, -0.2) is 21.8 Å². The van der Waals surface area contributed by atoms with Crippen molar-refractivity contribution < 1.29 is 4.79 Å². The Bertz CT molecular complexity index is 584. The van der Waals surface area contributed by atoms with E-state index in [0.717, 1.165) is 36.4 Å². The molecule has 4 heteroatoms. The van der Waals surface area contributed by atoms with Crippen molar-refractivity contribution in [3.05, 3.63) is 30.1 Å². The molecule has 0 unspecified atom stereocenters. The van der Waals surface area contributed by atoms with Gasteiger partial charge >= 0.3 is 0 Å². The van der Waals surface area contributed by atoms with Crippen LogP contribution in [0.3, 0.4) is 0 Å². The van der Waals surface area contributed by atoms with Crippen LogP contribution < -0.4 is 4.90 Å². The third kappa shape index (κ3) is 2.11. The van der Waals surface area contributed by atoms with Crippen molar-refractivity contribution in [1.82, 2.24) is 9.38 Å². The SMILES string of the molecule is Cc1nc2ccccn2c1N(C=O)C1CCCCC1. The Labute approximate surface area is 113 Å². The molecule has 0 N–H and O–H groups in total. The van der Waals surface area contributed by atoms with Gasteiger partial charge in [-0.05, 0) is 31.9 Å². The fourth-order valence-electron chi connectivity index (χ4n) is 3.08. The third-order valence-electron chi connectivity index (χ3n) is 4.00. The summed E-state index contributed by atoms with van der Waals surface area (Å²) in [5, 5.41) is 0. The second kappa shape index (κ2) is 5.03. The fraction of sp³-hybridized carbons (Fsp3) is 0.467. The van der Waals surface area contributed by atoms with Crippen LogP contribution in [0, 0.1) is 6.92 Å². The summed E-state index contributed by atoms with van der Waals surface area (Å²) in [4.78, 5) is 18.0. The van der Waals surface area contributed by atoms with Crippen LogP contribution in [0.1, 0.15) is 37.8 Å². The standard InChI is InChI=1S/C15H19N3O/c1-12-15(17-10-6-5-9-14(17)16-12)18(11-19)13-7-3-2-4-8-13/h5-6,9-11,13H,2-4,7-8H2,1H3. The molecule has 2 aromatic rings. The van der Waals surface area contributed by atoms with Gasteiger partial charge in [0.2, 0.25) is 6.41 Å². The summed E-state index contributed by atoms with van der Waals surface area (Å²) < 4.78 is 2.01. The van der Waals surface area contributed by atoms with Gasteiger partial charge in [-0.1, -0.05) is 25.3 Å². The van der Waals surface area contributed by atoms with Gasteiger partial charge in [-0.2, -0.15) is 0 Å². The van der Waals surface area contributed by atoms with E-state index in [4.69, 9.17) is 0 Å². The number of carbonyl (C=O) groups excluding carboxylic acids is 1. The molecule has 2 heterocycles. The predicted molar refractivity (Wildman–Crippen MR) is 75.3 cm³/mol. The number of nitrogens with zero attached hydrogens (tertiary/aromatic N) is 3. The lowest BCUT2D eigenvalue weighted by molar-refractivity contribution is -0.108. The van der Waals surface area contributed by atoms with E-state index in [1.807, 2.05) is 40.6 Å². The molecule has 0 radical (unpaired) electrons. The minimum atomic E-state index is 0.324. The van der Waals surface area contributed by atoms with Crippen LogP contribution >= 0.6 is 0 Å². The molecule has 0 aromatic carbocycles. The van der Waals surface area contributed by atoms with Crippen LogP contribution in [0.4, 0.5) is 5.82 Å². The normalized spacial score (nSPS) is 16.7. The zero-order valence-electron chi connectivity index (χ0n) is 11.2. The molecule has 100 valence electrons. The quantitative estimate of drug-likeness (QED) is 0.793. The van der Waals surface area contributed by atoms with Crippen molar-refractivity contribution in [1.29, 1.82) is 0 Å². The highest BCUT2D eigenvalue weighted by atomic mass is 16.1. The van der Waals surface area contributed by atoms with E-state index in [9.17, 15) is 4.79 Å². The summed E-state index contributed by atoms with van der Waals surface area (Å²) in [6.07, 6.45) is 8.85. The van der Waals surface area contributed by atoms with Crippen LogP contribution in [0.5, 0.6) is 0 Å². The molecule has 1 amide bonds. The second-order valence-electron chi connectivity index (χ2n) is 5.25. The Kier molecular flexibility index (Phi) is 3.23. The maximum atomic E-state index is 11.6. The lowest BCUT2D eigenvalue weighted by Crippen LogP contribution is -2.36. The molecule has 1 fully saturated rings. The average Bonchev–Trinajstić information content (AvgIpc) is 2.78. The molecule has 0 atom stereocenters. The monoisotopic (exact) mass is 257 g/mol. The van der Waals surface area contributed by atoms with E-state index in [-0.39, 0.29) is 0 Å². The number of imidazole rings is 1. The van der Waals surface area contributed by atoms with E-state index < -0.39 is 0 Å². The second-order valence-corrected chi connectivity index (χ2v) is 5.25. The lowest BCUT2D eigenvalue weighted by atomic mass is 9.94. The Hall–Kier alpha value is -1.84. The van der Waals surface area contributed by atoms with Gasteiger partial charge in [-0.15, -0.1) is 0 Å². The first-order valence-electron chi connectivity index (χ1n) is 6.98. The molecule has 1 saturated carbocycles. The molecule has 4 nitrogen and oxygen atoms in total. The van der Waals surface area contributed by atoms with E-state index in [1.54, 1.807) is 0 Å². The number of fused-ring (bicyclic) bond motifs is 1. The maximum Gasteiger partial charge on any atom is 0.215 e. The number of rotatable bonds is 3. The number of aromatic nitrogens is 2. The smallest absolute Gasteiger partial charge is 0.215 e. The third-order valence-corrected chi connectivity index (χ3v) is 4.00. The summed E-state index contributed by atoms with van der Waals surface area (Å²) in [6, 6.07) is 6.24. The summed E-state index contributed by atoms with van der Waals surface area (Å²) in [7, 11) is 0. The number of aryl methyl sites for hydroxylation is 1. The molecule has 0 saturated heterocycles. The molecule has 0 aliphatic heterocycles. The zero-order chi connectivity index (χ0) is 13.2. The van der Waals surface area contributed by atoms with Crippen LogP contribution in [-0.2, 0) is 4.79 Å². The van der Waals surface area contributed by atoms with E-state index in [1.165, 1.54) is 19.3 Å². The Morgan fingerprint density at radius 3 is 2.84 bits per heavy atom. The fourth-order valence-corrected chi connectivity index (χ4v) is 3.08. The number of anilines is 1. The molecule has 1 aliphatic carbocycles. The highest BCUT2D eigenvalue weighted by Crippen LogP contribution is 2.29. The number of amides is 1. The molecule has 0 bridgehead atoms. The van der Waals surface area contributed by atoms with Gasteiger partial charge < -0.3 is 0 Å². The van der Waals surface area contributed by atoms with Crippen molar-refractivity contribution in [2.45, 2.75) is 45.1 Å². The Balaban J connectivity index is 2.05. The van der Waals surface area contributed by atoms with Gasteiger partial charge in [-0.25, -0.2) is 4.98 Å². The minimum Gasteiger partial charge on any atom is -0.296 e. The van der Waals surface area contributed by atoms with Crippen molar-refractivity contribution in [3.63, 3.8) is 0 Å².